The van der Waals surface area contributed by atoms with Crippen LogP contribution in [0.3, 0.4) is 0 Å². The second kappa shape index (κ2) is 6.06. The van der Waals surface area contributed by atoms with Crippen LogP contribution in [0.25, 0.3) is 21.7 Å². The van der Waals surface area contributed by atoms with E-state index in [1.54, 1.807) is 19.2 Å². The van der Waals surface area contributed by atoms with Crippen LogP contribution in [0.4, 0.5) is 0 Å². The van der Waals surface area contributed by atoms with Gasteiger partial charge in [0.15, 0.2) is 11.3 Å². The number of hydrogen-bond donors (Lipinski definition) is 1. The minimum Gasteiger partial charge on any atom is -0.508 e. The number of furan rings is 1. The number of aromatic hydroxyl groups is 1. The second-order valence-corrected chi connectivity index (χ2v) is 6.03. The van der Waals surface area contributed by atoms with E-state index in [-0.39, 0.29) is 5.75 Å². The molecule has 1 aromatic heterocycles. The molecule has 1 heterocycles. The lowest BCUT2D eigenvalue weighted by Crippen LogP contribution is -1.93. The van der Waals surface area contributed by atoms with Gasteiger partial charge in [-0.15, -0.1) is 0 Å². The fourth-order valence-electron chi connectivity index (χ4n) is 3.09. The maximum atomic E-state index is 9.77. The lowest BCUT2D eigenvalue weighted by atomic mass is 10.0. The first kappa shape index (κ1) is 15.4. The maximum Gasteiger partial charge on any atom is 0.176 e. The first-order chi connectivity index (χ1) is 12.1. The molecule has 0 atom stereocenters. The summed E-state index contributed by atoms with van der Waals surface area (Å²) in [5.74, 6) is 2.42. The van der Waals surface area contributed by atoms with E-state index < -0.39 is 0 Å². The molecule has 0 amide bonds. The van der Waals surface area contributed by atoms with Gasteiger partial charge in [-0.25, -0.2) is 0 Å². The Morgan fingerprint density at radius 3 is 2.72 bits per heavy atom. The average Bonchev–Trinajstić information content (AvgIpc) is 3.02. The van der Waals surface area contributed by atoms with Crippen LogP contribution in [0, 0.1) is 6.92 Å². The molecule has 0 spiro atoms. The van der Waals surface area contributed by atoms with E-state index in [0.29, 0.717) is 12.4 Å². The average molecular weight is 334 g/mol. The first-order valence-corrected chi connectivity index (χ1v) is 8.05. The number of rotatable bonds is 4. The quantitative estimate of drug-likeness (QED) is 0.558. The molecule has 4 nitrogen and oxygen atoms in total. The number of benzene rings is 3. The summed E-state index contributed by atoms with van der Waals surface area (Å²) in [6, 6.07) is 17.1. The standard InChI is InChI=1S/C21H18O4/c1-13-8-16(22)9-15-11-17(6-7-19(13)15)24-12-18-10-14-4-3-5-20(23-2)21(14)25-18/h3-11,22H,12H2,1-2H3. The van der Waals surface area contributed by atoms with Crippen molar-refractivity contribution in [3.05, 3.63) is 65.9 Å². The number of hydrogen-bond acceptors (Lipinski definition) is 4. The monoisotopic (exact) mass is 334 g/mol. The SMILES string of the molecule is COc1cccc2cc(COc3ccc4c(C)cc(O)cc4c3)oc12. The van der Waals surface area contributed by atoms with Gasteiger partial charge in [0.05, 0.1) is 7.11 Å². The number of phenols is 1. The fraction of sp³-hybridized carbons (Fsp3) is 0.143. The molecule has 4 rings (SSSR count). The molecule has 0 aliphatic rings. The van der Waals surface area contributed by atoms with Gasteiger partial charge in [-0.3, -0.25) is 0 Å². The predicted octanol–water partition coefficient (Wildman–Crippen LogP) is 5.19. The van der Waals surface area contributed by atoms with Crippen LogP contribution in [-0.4, -0.2) is 12.2 Å². The smallest absolute Gasteiger partial charge is 0.176 e. The molecule has 3 aromatic carbocycles. The minimum atomic E-state index is 0.256. The van der Waals surface area contributed by atoms with Crippen molar-refractivity contribution in [2.75, 3.05) is 7.11 Å². The summed E-state index contributed by atoms with van der Waals surface area (Å²) in [5, 5.41) is 12.8. The van der Waals surface area contributed by atoms with Gasteiger partial charge in [0, 0.05) is 5.39 Å². The van der Waals surface area contributed by atoms with Crippen molar-refractivity contribution in [2.45, 2.75) is 13.5 Å². The zero-order valence-electron chi connectivity index (χ0n) is 14.1. The van der Waals surface area contributed by atoms with Gasteiger partial charge in [-0.2, -0.15) is 0 Å². The molecule has 25 heavy (non-hydrogen) atoms. The lowest BCUT2D eigenvalue weighted by Gasteiger charge is -2.08. The Morgan fingerprint density at radius 2 is 1.88 bits per heavy atom. The van der Waals surface area contributed by atoms with Crippen LogP contribution >= 0.6 is 0 Å². The minimum absolute atomic E-state index is 0.256. The van der Waals surface area contributed by atoms with Gasteiger partial charge in [0.2, 0.25) is 0 Å². The molecule has 0 bridgehead atoms. The van der Waals surface area contributed by atoms with Crippen LogP contribution in [0.15, 0.2) is 59.0 Å². The Labute approximate surface area is 145 Å². The third-order valence-electron chi connectivity index (χ3n) is 4.28. The van der Waals surface area contributed by atoms with E-state index in [1.807, 2.05) is 49.4 Å². The first-order valence-electron chi connectivity index (χ1n) is 8.05. The largest absolute Gasteiger partial charge is 0.508 e. The zero-order valence-corrected chi connectivity index (χ0v) is 14.1. The van der Waals surface area contributed by atoms with Crippen molar-refractivity contribution < 1.29 is 19.0 Å². The summed E-state index contributed by atoms with van der Waals surface area (Å²) < 4.78 is 17.0. The number of aryl methyl sites for hydroxylation is 1. The molecular weight excluding hydrogens is 316 g/mol. The molecule has 0 saturated heterocycles. The summed E-state index contributed by atoms with van der Waals surface area (Å²) in [6.07, 6.45) is 0. The highest BCUT2D eigenvalue weighted by atomic mass is 16.5. The van der Waals surface area contributed by atoms with Crippen molar-refractivity contribution in [1.29, 1.82) is 0 Å². The Bertz CT molecular complexity index is 1060. The Balaban J connectivity index is 1.60. The van der Waals surface area contributed by atoms with Gasteiger partial charge >= 0.3 is 0 Å². The molecule has 0 aliphatic carbocycles. The van der Waals surface area contributed by atoms with Gasteiger partial charge in [-0.05, 0) is 59.7 Å². The molecule has 1 N–H and O–H groups in total. The topological polar surface area (TPSA) is 51.8 Å². The van der Waals surface area contributed by atoms with Crippen molar-refractivity contribution in [3.8, 4) is 17.2 Å². The van der Waals surface area contributed by atoms with Crippen LogP contribution < -0.4 is 9.47 Å². The summed E-state index contributed by atoms with van der Waals surface area (Å²) in [7, 11) is 1.62. The van der Waals surface area contributed by atoms with E-state index in [0.717, 1.165) is 38.8 Å². The van der Waals surface area contributed by atoms with E-state index in [2.05, 4.69) is 0 Å². The van der Waals surface area contributed by atoms with Crippen LogP contribution in [0.5, 0.6) is 17.2 Å². The second-order valence-electron chi connectivity index (χ2n) is 6.03. The molecule has 0 saturated carbocycles. The fourth-order valence-corrected chi connectivity index (χ4v) is 3.09. The van der Waals surface area contributed by atoms with Gasteiger partial charge in [-0.1, -0.05) is 18.2 Å². The number of para-hydroxylation sites is 1. The molecule has 0 radical (unpaired) electrons. The highest BCUT2D eigenvalue weighted by molar-refractivity contribution is 5.88. The maximum absolute atomic E-state index is 9.77. The van der Waals surface area contributed by atoms with Crippen molar-refractivity contribution in [1.82, 2.24) is 0 Å². The molecule has 0 aliphatic heterocycles. The normalized spacial score (nSPS) is 11.1. The van der Waals surface area contributed by atoms with Gasteiger partial charge < -0.3 is 19.0 Å². The molecule has 4 aromatic rings. The third kappa shape index (κ3) is 2.87. The molecule has 0 unspecified atom stereocenters. The summed E-state index contributed by atoms with van der Waals surface area (Å²) >= 11 is 0. The van der Waals surface area contributed by atoms with E-state index >= 15 is 0 Å². The predicted molar refractivity (Wildman–Crippen MR) is 97.4 cm³/mol. The van der Waals surface area contributed by atoms with E-state index in [1.165, 1.54) is 0 Å². The summed E-state index contributed by atoms with van der Waals surface area (Å²) in [6.45, 7) is 2.30. The van der Waals surface area contributed by atoms with Crippen LogP contribution in [0.1, 0.15) is 11.3 Å². The van der Waals surface area contributed by atoms with Crippen molar-refractivity contribution in [3.63, 3.8) is 0 Å². The van der Waals surface area contributed by atoms with Crippen molar-refractivity contribution >= 4 is 21.7 Å². The van der Waals surface area contributed by atoms with E-state index in [4.69, 9.17) is 13.9 Å². The molecule has 0 fully saturated rings. The summed E-state index contributed by atoms with van der Waals surface area (Å²) in [4.78, 5) is 0. The molecule has 126 valence electrons. The van der Waals surface area contributed by atoms with Crippen molar-refractivity contribution in [2.24, 2.45) is 0 Å². The van der Waals surface area contributed by atoms with Gasteiger partial charge in [0.1, 0.15) is 23.9 Å². The van der Waals surface area contributed by atoms with Gasteiger partial charge in [0.25, 0.3) is 0 Å². The third-order valence-corrected chi connectivity index (χ3v) is 4.28. The molecule has 4 heteroatoms. The highest BCUT2D eigenvalue weighted by Gasteiger charge is 2.09. The van der Waals surface area contributed by atoms with E-state index in [9.17, 15) is 5.11 Å². The molecular formula is C21H18O4. The number of methoxy groups -OCH3 is 1. The number of phenolic OH excluding ortho intramolecular Hbond substituents is 1. The highest BCUT2D eigenvalue weighted by Crippen LogP contribution is 2.30. The Morgan fingerprint density at radius 1 is 1.00 bits per heavy atom. The Kier molecular flexibility index (Phi) is 3.73. The Hall–Kier alpha value is -3.14. The van der Waals surface area contributed by atoms with Crippen LogP contribution in [-0.2, 0) is 6.61 Å². The number of fused-ring (bicyclic) bond motifs is 2. The summed E-state index contributed by atoms with van der Waals surface area (Å²) in [5.41, 5.74) is 1.76. The van der Waals surface area contributed by atoms with Crippen LogP contribution in [0.2, 0.25) is 0 Å². The zero-order chi connectivity index (χ0) is 17.4. The number of ether oxygens (including phenoxy) is 2. The lowest BCUT2D eigenvalue weighted by molar-refractivity contribution is 0.274.